The van der Waals surface area contributed by atoms with E-state index in [0.29, 0.717) is 5.16 Å². The molecule has 3 aromatic rings. The molecular weight excluding hydrogens is 437 g/mol. The summed E-state index contributed by atoms with van der Waals surface area (Å²) in [5.74, 6) is 0.948. The number of amides is 1. The quantitative estimate of drug-likeness (QED) is 0.477. The Hall–Kier alpha value is -1.94. The van der Waals surface area contributed by atoms with E-state index in [1.165, 1.54) is 11.8 Å². The number of nitrogens with one attached hydrogen (secondary N) is 1. The third kappa shape index (κ3) is 3.93. The number of nitrogens with zero attached hydrogens (tertiary/aromatic N) is 4. The number of carbonyl (C=O) groups excluding carboxylic acids is 1. The van der Waals surface area contributed by atoms with Crippen LogP contribution >= 0.6 is 34.4 Å². The average molecular weight is 451 g/mol. The molecule has 0 atom stereocenters. The van der Waals surface area contributed by atoms with E-state index in [0.717, 1.165) is 20.6 Å². The van der Waals surface area contributed by atoms with Gasteiger partial charge in [-0.15, -0.1) is 10.2 Å². The van der Waals surface area contributed by atoms with Gasteiger partial charge < -0.3 is 9.88 Å². The minimum atomic E-state index is -0.0717. The molecule has 0 unspecified atom stereocenters. The van der Waals surface area contributed by atoms with E-state index < -0.39 is 0 Å². The summed E-state index contributed by atoms with van der Waals surface area (Å²) in [6.07, 6.45) is 3.43. The van der Waals surface area contributed by atoms with Gasteiger partial charge in [0.25, 0.3) is 0 Å². The number of pyridine rings is 1. The van der Waals surface area contributed by atoms with E-state index in [1.807, 2.05) is 48.0 Å². The van der Waals surface area contributed by atoms with Crippen molar-refractivity contribution in [2.45, 2.75) is 5.16 Å². The highest BCUT2D eigenvalue weighted by molar-refractivity contribution is 14.1. The zero-order valence-corrected chi connectivity index (χ0v) is 15.8. The number of aromatic nitrogens is 4. The van der Waals surface area contributed by atoms with Crippen molar-refractivity contribution >= 4 is 45.9 Å². The predicted molar refractivity (Wildman–Crippen MR) is 103 cm³/mol. The highest BCUT2D eigenvalue weighted by Crippen LogP contribution is 2.23. The predicted octanol–water partition coefficient (Wildman–Crippen LogP) is 3.21. The maximum absolute atomic E-state index is 12.1. The second kappa shape index (κ2) is 7.75. The van der Waals surface area contributed by atoms with Crippen LogP contribution in [0.2, 0.25) is 0 Å². The van der Waals surface area contributed by atoms with Gasteiger partial charge in [-0.25, -0.2) is 0 Å². The molecule has 1 N–H and O–H groups in total. The van der Waals surface area contributed by atoms with Crippen molar-refractivity contribution in [3.05, 3.63) is 52.4 Å². The van der Waals surface area contributed by atoms with E-state index in [-0.39, 0.29) is 11.7 Å². The van der Waals surface area contributed by atoms with Crippen LogP contribution in [-0.2, 0) is 11.8 Å². The van der Waals surface area contributed by atoms with Gasteiger partial charge in [0.15, 0.2) is 11.0 Å². The van der Waals surface area contributed by atoms with Crippen LogP contribution in [0.15, 0.2) is 53.9 Å². The molecule has 0 aliphatic carbocycles. The number of anilines is 1. The van der Waals surface area contributed by atoms with Gasteiger partial charge in [0.1, 0.15) is 0 Å². The summed E-state index contributed by atoms with van der Waals surface area (Å²) >= 11 is 3.55. The lowest BCUT2D eigenvalue weighted by Crippen LogP contribution is -2.15. The molecule has 6 nitrogen and oxygen atoms in total. The fraction of sp³-hybridized carbons (Fsp3) is 0.125. The van der Waals surface area contributed by atoms with Crippen molar-refractivity contribution < 1.29 is 4.79 Å². The molecule has 8 heteroatoms. The van der Waals surface area contributed by atoms with E-state index in [2.05, 4.69) is 43.1 Å². The molecule has 0 saturated heterocycles. The second-order valence-corrected chi connectivity index (χ2v) is 7.02. The lowest BCUT2D eigenvalue weighted by Gasteiger charge is -2.07. The van der Waals surface area contributed by atoms with E-state index >= 15 is 0 Å². The minimum Gasteiger partial charge on any atom is -0.324 e. The summed E-state index contributed by atoms with van der Waals surface area (Å²) in [6.45, 7) is 0. The molecule has 0 fully saturated rings. The number of carbonyl (C=O) groups is 1. The molecule has 2 heterocycles. The third-order valence-corrected chi connectivity index (χ3v) is 5.21. The Labute approximate surface area is 157 Å². The molecule has 1 aromatic carbocycles. The maximum Gasteiger partial charge on any atom is 0.234 e. The molecule has 0 radical (unpaired) electrons. The van der Waals surface area contributed by atoms with Gasteiger partial charge in [0, 0.05) is 28.6 Å². The lowest BCUT2D eigenvalue weighted by atomic mass is 10.2. The Morgan fingerprint density at radius 3 is 2.71 bits per heavy atom. The van der Waals surface area contributed by atoms with E-state index in [1.54, 1.807) is 12.4 Å². The first-order valence-electron chi connectivity index (χ1n) is 7.12. The van der Waals surface area contributed by atoms with Crippen LogP contribution in [0.5, 0.6) is 0 Å². The van der Waals surface area contributed by atoms with Gasteiger partial charge in [0.2, 0.25) is 5.91 Å². The van der Waals surface area contributed by atoms with Crippen LogP contribution in [0.4, 0.5) is 5.69 Å². The van der Waals surface area contributed by atoms with Crippen molar-refractivity contribution in [1.82, 2.24) is 19.7 Å². The van der Waals surface area contributed by atoms with Crippen LogP contribution in [0.3, 0.4) is 0 Å². The molecule has 1 amide bonds. The molecule has 0 spiro atoms. The van der Waals surface area contributed by atoms with E-state index in [9.17, 15) is 4.79 Å². The van der Waals surface area contributed by atoms with Crippen molar-refractivity contribution in [2.24, 2.45) is 7.05 Å². The van der Waals surface area contributed by atoms with Gasteiger partial charge in [-0.05, 0) is 46.9 Å². The van der Waals surface area contributed by atoms with Crippen LogP contribution in [-0.4, -0.2) is 31.4 Å². The van der Waals surface area contributed by atoms with Crippen molar-refractivity contribution in [2.75, 3.05) is 11.1 Å². The number of benzene rings is 1. The number of thioether (sulfide) groups is 1. The summed E-state index contributed by atoms with van der Waals surface area (Å²) in [6, 6.07) is 11.4. The van der Waals surface area contributed by atoms with Gasteiger partial charge in [-0.2, -0.15) is 0 Å². The largest absolute Gasteiger partial charge is 0.324 e. The molecule has 3 rings (SSSR count). The van der Waals surface area contributed by atoms with Gasteiger partial charge in [-0.1, -0.05) is 23.9 Å². The van der Waals surface area contributed by atoms with Crippen LogP contribution in [0.25, 0.3) is 11.4 Å². The molecule has 0 aliphatic heterocycles. The van der Waals surface area contributed by atoms with Crippen LogP contribution < -0.4 is 5.32 Å². The highest BCUT2D eigenvalue weighted by Gasteiger charge is 2.13. The van der Waals surface area contributed by atoms with Crippen molar-refractivity contribution in [3.63, 3.8) is 0 Å². The summed E-state index contributed by atoms with van der Waals surface area (Å²) in [5.41, 5.74) is 1.76. The Morgan fingerprint density at radius 2 is 1.96 bits per heavy atom. The van der Waals surface area contributed by atoms with Gasteiger partial charge in [0.05, 0.1) is 11.4 Å². The van der Waals surface area contributed by atoms with E-state index in [4.69, 9.17) is 0 Å². The summed E-state index contributed by atoms with van der Waals surface area (Å²) < 4.78 is 2.88. The Kier molecular flexibility index (Phi) is 5.46. The molecule has 0 bridgehead atoms. The Balaban J connectivity index is 1.64. The zero-order chi connectivity index (χ0) is 16.9. The average Bonchev–Trinajstić information content (AvgIpc) is 2.97. The smallest absolute Gasteiger partial charge is 0.234 e. The fourth-order valence-electron chi connectivity index (χ4n) is 2.07. The first kappa shape index (κ1) is 16.9. The number of hydrogen-bond donors (Lipinski definition) is 1. The SMILES string of the molecule is Cn1c(SCC(=O)Nc2ccccc2I)nnc1-c1ccncc1. The summed E-state index contributed by atoms with van der Waals surface area (Å²) in [5, 5.41) is 12.0. The first-order valence-corrected chi connectivity index (χ1v) is 9.18. The summed E-state index contributed by atoms with van der Waals surface area (Å²) in [4.78, 5) is 16.1. The zero-order valence-electron chi connectivity index (χ0n) is 12.8. The van der Waals surface area contributed by atoms with Gasteiger partial charge in [-0.3, -0.25) is 9.78 Å². The Bertz CT molecular complexity index is 853. The highest BCUT2D eigenvalue weighted by atomic mass is 127. The maximum atomic E-state index is 12.1. The van der Waals surface area contributed by atoms with Crippen LogP contribution in [0.1, 0.15) is 0 Å². The van der Waals surface area contributed by atoms with Crippen LogP contribution in [0, 0.1) is 3.57 Å². The van der Waals surface area contributed by atoms with Crippen molar-refractivity contribution in [1.29, 1.82) is 0 Å². The monoisotopic (exact) mass is 451 g/mol. The lowest BCUT2D eigenvalue weighted by molar-refractivity contribution is -0.113. The Morgan fingerprint density at radius 1 is 1.21 bits per heavy atom. The summed E-state index contributed by atoms with van der Waals surface area (Å²) in [7, 11) is 1.89. The normalized spacial score (nSPS) is 10.6. The topological polar surface area (TPSA) is 72.7 Å². The number of halogens is 1. The standard InChI is InChI=1S/C16H14IN5OS/c1-22-15(11-6-8-18-9-7-11)20-21-16(22)24-10-14(23)19-13-5-3-2-4-12(13)17/h2-9H,10H2,1H3,(H,19,23). The molecular formula is C16H14IN5OS. The fourth-order valence-corrected chi connectivity index (χ4v) is 3.31. The number of para-hydroxylation sites is 1. The first-order chi connectivity index (χ1) is 11.6. The van der Waals surface area contributed by atoms with Gasteiger partial charge >= 0.3 is 0 Å². The van der Waals surface area contributed by atoms with Crippen molar-refractivity contribution in [3.8, 4) is 11.4 Å². The minimum absolute atomic E-state index is 0.0717. The molecule has 0 saturated carbocycles. The molecule has 24 heavy (non-hydrogen) atoms. The second-order valence-electron chi connectivity index (χ2n) is 4.92. The third-order valence-electron chi connectivity index (χ3n) is 3.25. The molecule has 122 valence electrons. The molecule has 0 aliphatic rings. The molecule has 2 aromatic heterocycles. The number of rotatable bonds is 5. The number of hydrogen-bond acceptors (Lipinski definition) is 5.